The minimum absolute atomic E-state index is 0.0225. The van der Waals surface area contributed by atoms with Crippen LogP contribution in [0.4, 0.5) is 0 Å². The molecule has 154 valence electrons. The first-order valence-electron chi connectivity index (χ1n) is 9.33. The lowest BCUT2D eigenvalue weighted by atomic mass is 10.0. The third-order valence-corrected chi connectivity index (χ3v) is 5.47. The van der Waals surface area contributed by atoms with Gasteiger partial charge in [0, 0.05) is 22.6 Å². The van der Waals surface area contributed by atoms with Crippen molar-refractivity contribution < 1.29 is 18.4 Å². The van der Waals surface area contributed by atoms with Gasteiger partial charge in [-0.3, -0.25) is 4.79 Å². The summed E-state index contributed by atoms with van der Waals surface area (Å²) in [4.78, 5) is 29.6. The van der Waals surface area contributed by atoms with Crippen LogP contribution >= 0.6 is 11.3 Å². The first-order valence-corrected chi connectivity index (χ1v) is 10.2. The summed E-state index contributed by atoms with van der Waals surface area (Å²) in [5, 5.41) is 5.98. The van der Waals surface area contributed by atoms with Crippen LogP contribution in [0.2, 0.25) is 0 Å². The van der Waals surface area contributed by atoms with Crippen molar-refractivity contribution in [1.82, 2.24) is 10.3 Å². The lowest BCUT2D eigenvalue weighted by Gasteiger charge is -2.06. The number of amides is 1. The molecule has 1 N–H and O–H groups in total. The Bertz CT molecular complexity index is 1270. The van der Waals surface area contributed by atoms with Crippen molar-refractivity contribution in [2.45, 2.75) is 26.8 Å². The second-order valence-corrected chi connectivity index (χ2v) is 7.90. The highest BCUT2D eigenvalue weighted by Crippen LogP contribution is 2.33. The summed E-state index contributed by atoms with van der Waals surface area (Å²) in [7, 11) is 1.59. The van der Waals surface area contributed by atoms with Crippen LogP contribution in [-0.2, 0) is 17.8 Å². The van der Waals surface area contributed by atoms with Crippen LogP contribution in [0, 0.1) is 13.8 Å². The number of aryl methyl sites for hydroxylation is 2. The van der Waals surface area contributed by atoms with Crippen molar-refractivity contribution in [2.24, 2.45) is 0 Å². The Kier molecular flexibility index (Phi) is 5.41. The van der Waals surface area contributed by atoms with Gasteiger partial charge in [0.05, 0.1) is 30.8 Å². The average Bonchev–Trinajstić information content (AvgIpc) is 3.30. The summed E-state index contributed by atoms with van der Waals surface area (Å²) in [6.07, 6.45) is -0.0225. The molecule has 0 aliphatic heterocycles. The lowest BCUT2D eigenvalue weighted by Crippen LogP contribution is -2.25. The number of aromatic nitrogens is 1. The largest absolute Gasteiger partial charge is 0.497 e. The quantitative estimate of drug-likeness (QED) is 0.503. The number of hydrogen-bond acceptors (Lipinski definition) is 7. The van der Waals surface area contributed by atoms with E-state index in [2.05, 4.69) is 10.3 Å². The predicted molar refractivity (Wildman–Crippen MR) is 114 cm³/mol. The minimum atomic E-state index is -0.522. The summed E-state index contributed by atoms with van der Waals surface area (Å²) in [6.45, 7) is 3.92. The molecule has 30 heavy (non-hydrogen) atoms. The third-order valence-electron chi connectivity index (χ3n) is 4.65. The Morgan fingerprint density at radius 1 is 1.20 bits per heavy atom. The molecule has 0 aliphatic carbocycles. The van der Waals surface area contributed by atoms with Gasteiger partial charge in [-0.1, -0.05) is 0 Å². The maximum Gasteiger partial charge on any atom is 0.347 e. The summed E-state index contributed by atoms with van der Waals surface area (Å²) >= 11 is 1.53. The van der Waals surface area contributed by atoms with Gasteiger partial charge in [-0.15, -0.1) is 11.3 Å². The number of ether oxygens (including phenoxy) is 1. The Morgan fingerprint density at radius 2 is 1.97 bits per heavy atom. The zero-order chi connectivity index (χ0) is 21.3. The van der Waals surface area contributed by atoms with Crippen LogP contribution < -0.4 is 15.7 Å². The highest BCUT2D eigenvalue weighted by Gasteiger charge is 2.22. The van der Waals surface area contributed by atoms with Crippen molar-refractivity contribution in [3.8, 4) is 17.1 Å². The van der Waals surface area contributed by atoms with E-state index in [4.69, 9.17) is 13.6 Å². The zero-order valence-electron chi connectivity index (χ0n) is 16.8. The number of furan rings is 1. The van der Waals surface area contributed by atoms with Gasteiger partial charge in [0.15, 0.2) is 0 Å². The zero-order valence-corrected chi connectivity index (χ0v) is 17.6. The predicted octanol–water partition coefficient (Wildman–Crippen LogP) is 3.99. The fraction of sp³-hybridized carbons (Fsp3) is 0.227. The molecule has 0 saturated carbocycles. The molecule has 3 aromatic heterocycles. The number of benzene rings is 1. The summed E-state index contributed by atoms with van der Waals surface area (Å²) in [5.41, 5.74) is 1.91. The van der Waals surface area contributed by atoms with Gasteiger partial charge >= 0.3 is 5.63 Å². The van der Waals surface area contributed by atoms with E-state index in [0.29, 0.717) is 35.0 Å². The van der Waals surface area contributed by atoms with E-state index in [9.17, 15) is 9.59 Å². The van der Waals surface area contributed by atoms with Gasteiger partial charge in [0.2, 0.25) is 5.91 Å². The second-order valence-electron chi connectivity index (χ2n) is 6.83. The molecule has 1 aromatic carbocycles. The van der Waals surface area contributed by atoms with Crippen molar-refractivity contribution in [1.29, 1.82) is 0 Å². The SMILES string of the molecule is COc1ccc(-c2oc3cc(C)oc(=O)c3c2CC(=O)NCc2csc(C)n2)cc1. The van der Waals surface area contributed by atoms with Crippen LogP contribution in [0.1, 0.15) is 22.0 Å². The van der Waals surface area contributed by atoms with Crippen molar-refractivity contribution in [3.05, 3.63) is 68.2 Å². The molecule has 8 heteroatoms. The minimum Gasteiger partial charge on any atom is -0.497 e. The molecule has 4 rings (SSSR count). The molecule has 3 heterocycles. The van der Waals surface area contributed by atoms with Gasteiger partial charge in [0.25, 0.3) is 0 Å². The first-order chi connectivity index (χ1) is 14.4. The van der Waals surface area contributed by atoms with E-state index in [1.165, 1.54) is 11.3 Å². The first kappa shape index (κ1) is 19.9. The number of thiazole rings is 1. The number of hydrogen-bond donors (Lipinski definition) is 1. The maximum atomic E-state index is 12.7. The summed E-state index contributed by atoms with van der Waals surface area (Å²) in [6, 6.07) is 8.90. The van der Waals surface area contributed by atoms with Crippen LogP contribution in [-0.4, -0.2) is 18.0 Å². The van der Waals surface area contributed by atoms with Crippen LogP contribution in [0.25, 0.3) is 22.3 Å². The number of fused-ring (bicyclic) bond motifs is 1. The number of rotatable bonds is 6. The van der Waals surface area contributed by atoms with Gasteiger partial charge in [-0.25, -0.2) is 9.78 Å². The molecular weight excluding hydrogens is 404 g/mol. The molecule has 0 aliphatic rings. The molecule has 0 unspecified atom stereocenters. The molecule has 0 saturated heterocycles. The molecule has 0 spiro atoms. The van der Waals surface area contributed by atoms with Crippen molar-refractivity contribution in [3.63, 3.8) is 0 Å². The molecule has 0 bridgehead atoms. The Balaban J connectivity index is 1.70. The molecule has 7 nitrogen and oxygen atoms in total. The monoisotopic (exact) mass is 424 g/mol. The van der Waals surface area contributed by atoms with Gasteiger partial charge in [-0.05, 0) is 38.1 Å². The Labute approximate surface area is 176 Å². The molecule has 0 fully saturated rings. The van der Waals surface area contributed by atoms with Crippen LogP contribution in [0.15, 0.2) is 49.3 Å². The number of carbonyl (C=O) groups is 1. The summed E-state index contributed by atoms with van der Waals surface area (Å²) < 4.78 is 16.5. The highest BCUT2D eigenvalue weighted by atomic mass is 32.1. The lowest BCUT2D eigenvalue weighted by molar-refractivity contribution is -0.120. The van der Waals surface area contributed by atoms with Gasteiger partial charge in [0.1, 0.15) is 28.2 Å². The number of nitrogens with zero attached hydrogens (tertiary/aromatic N) is 1. The molecule has 0 atom stereocenters. The third kappa shape index (κ3) is 3.99. The molecule has 4 aromatic rings. The van der Waals surface area contributed by atoms with Crippen molar-refractivity contribution >= 4 is 28.2 Å². The normalized spacial score (nSPS) is 11.0. The second kappa shape index (κ2) is 8.16. The number of carbonyl (C=O) groups excluding carboxylic acids is 1. The highest BCUT2D eigenvalue weighted by molar-refractivity contribution is 7.09. The number of methoxy groups -OCH3 is 1. The van der Waals surface area contributed by atoms with E-state index in [0.717, 1.165) is 16.3 Å². The van der Waals surface area contributed by atoms with Gasteiger partial charge < -0.3 is 18.9 Å². The summed E-state index contributed by atoms with van der Waals surface area (Å²) in [5.74, 6) is 1.36. The maximum absolute atomic E-state index is 12.7. The Morgan fingerprint density at radius 3 is 2.63 bits per heavy atom. The fourth-order valence-corrected chi connectivity index (χ4v) is 3.88. The average molecular weight is 424 g/mol. The van der Waals surface area contributed by atoms with E-state index in [1.54, 1.807) is 32.2 Å². The molecule has 0 radical (unpaired) electrons. The van der Waals surface area contributed by atoms with Crippen LogP contribution in [0.5, 0.6) is 5.75 Å². The van der Waals surface area contributed by atoms with Gasteiger partial charge in [-0.2, -0.15) is 0 Å². The smallest absolute Gasteiger partial charge is 0.347 e. The van der Waals surface area contributed by atoms with E-state index in [-0.39, 0.29) is 17.7 Å². The molecular formula is C22H20N2O5S. The fourth-order valence-electron chi connectivity index (χ4n) is 3.27. The number of nitrogens with one attached hydrogen (secondary N) is 1. The van der Waals surface area contributed by atoms with Crippen molar-refractivity contribution in [2.75, 3.05) is 7.11 Å². The topological polar surface area (TPSA) is 94.6 Å². The van der Waals surface area contributed by atoms with E-state index < -0.39 is 5.63 Å². The Hall–Kier alpha value is -3.39. The molecule has 1 amide bonds. The van der Waals surface area contributed by atoms with E-state index in [1.807, 2.05) is 24.4 Å². The van der Waals surface area contributed by atoms with E-state index >= 15 is 0 Å². The van der Waals surface area contributed by atoms with Crippen LogP contribution in [0.3, 0.4) is 0 Å². The standard InChI is InChI=1S/C22H20N2O5S/c1-12-8-18-20(22(26)28-12)17(9-19(25)23-10-15-11-30-13(2)24-15)21(29-18)14-4-6-16(27-3)7-5-14/h4-8,11H,9-10H2,1-3H3,(H,23,25).